The summed E-state index contributed by atoms with van der Waals surface area (Å²) >= 11 is 1.87. The Bertz CT molecular complexity index is 3760. The molecular weight excluding hydrogens is 786 g/mol. The number of phenols is 1. The second kappa shape index (κ2) is 15.1. The van der Waals surface area contributed by atoms with Crippen LogP contribution in [0.4, 0.5) is 0 Å². The molecule has 0 spiro atoms. The van der Waals surface area contributed by atoms with E-state index in [0.29, 0.717) is 5.75 Å². The van der Waals surface area contributed by atoms with Crippen LogP contribution in [0.1, 0.15) is 0 Å². The smallest absolute Gasteiger partial charge is 0.146 e. The lowest BCUT2D eigenvalue weighted by Gasteiger charge is -2.23. The zero-order chi connectivity index (χ0) is 44.3. The summed E-state index contributed by atoms with van der Waals surface area (Å²) < 4.78 is 4.86. The Morgan fingerprint density at radius 3 is 1.77 bits per heavy atom. The number of thiophene rings is 1. The molecule has 9 aromatic carbocycles. The van der Waals surface area contributed by atoms with E-state index < -0.39 is 0 Å². The van der Waals surface area contributed by atoms with Crippen molar-refractivity contribution in [3.05, 3.63) is 133 Å². The van der Waals surface area contributed by atoms with Gasteiger partial charge in [0.05, 0.1) is 11.0 Å². The molecule has 3 nitrogen and oxygen atoms in total. The van der Waals surface area contributed by atoms with Gasteiger partial charge in [-0.2, -0.15) is 0 Å². The molecule has 11 aromatic rings. The number of nitrogens with zero attached hydrogens (tertiary/aromatic N) is 2. The van der Waals surface area contributed by atoms with Gasteiger partial charge in [0.25, 0.3) is 0 Å². The molecule has 2 aromatic heterocycles. The Kier molecular flexibility index (Phi) is 9.52. The molecule has 0 fully saturated rings. The van der Waals surface area contributed by atoms with E-state index in [2.05, 4.69) is 187 Å². The second-order valence-electron chi connectivity index (χ2n) is 17.9. The highest BCUT2D eigenvalue weighted by atomic mass is 32.1. The molecule has 0 saturated heterocycles. The minimum absolute atomic E-state index is 0.334. The summed E-state index contributed by atoms with van der Waals surface area (Å²) in [4.78, 5) is 5.35. The molecule has 2 heterocycles. The fourth-order valence-corrected chi connectivity index (χ4v) is 11.9. The molecule has 0 atom stereocenters. The average molecular weight is 827 g/mol. The number of imidazole rings is 1. The Hall–Kier alpha value is -6.43. The van der Waals surface area contributed by atoms with E-state index in [1.165, 1.54) is 96.8 Å². The molecule has 0 unspecified atom stereocenters. The predicted molar refractivity (Wildman–Crippen MR) is 306 cm³/mol. The summed E-state index contributed by atoms with van der Waals surface area (Å²) in [6, 6.07) is 49.2. The highest BCUT2D eigenvalue weighted by Crippen LogP contribution is 2.49. The van der Waals surface area contributed by atoms with Crippen molar-refractivity contribution in [2.24, 2.45) is 0 Å². The summed E-state index contributed by atoms with van der Waals surface area (Å²) in [6.45, 7) is 0. The van der Waals surface area contributed by atoms with Gasteiger partial charge in [0.1, 0.15) is 82.2 Å². The van der Waals surface area contributed by atoms with Gasteiger partial charge in [-0.25, -0.2) is 4.98 Å². The van der Waals surface area contributed by atoms with Crippen LogP contribution in [0.2, 0.25) is 0 Å². The fraction of sp³-hybridized carbons (Fsp3) is 0. The van der Waals surface area contributed by atoms with Crippen LogP contribution in [0.25, 0.3) is 103 Å². The van der Waals surface area contributed by atoms with Crippen LogP contribution in [-0.2, 0) is 0 Å². The predicted octanol–water partition coefficient (Wildman–Crippen LogP) is -1.60. The number of benzene rings is 9. The molecule has 0 aliphatic carbocycles. The van der Waals surface area contributed by atoms with Crippen LogP contribution < -0.4 is 49.2 Å². The minimum Gasteiger partial charge on any atom is -0.509 e. The first-order valence-electron chi connectivity index (χ1n) is 22.3. The van der Waals surface area contributed by atoms with Crippen LogP contribution >= 0.6 is 11.3 Å². The van der Waals surface area contributed by atoms with Crippen LogP contribution in [-0.4, -0.2) is 85.3 Å². The van der Waals surface area contributed by atoms with E-state index in [0.717, 1.165) is 55.5 Å². The van der Waals surface area contributed by atoms with E-state index in [9.17, 15) is 5.11 Å². The number of rotatable bonds is 5. The van der Waals surface area contributed by atoms with Gasteiger partial charge in [0.2, 0.25) is 0 Å². The second-order valence-corrected chi connectivity index (χ2v) is 19.0. The van der Waals surface area contributed by atoms with E-state index >= 15 is 0 Å². The van der Waals surface area contributed by atoms with Gasteiger partial charge in [-0.15, -0.1) is 27.7 Å². The number of aromatic hydroxyl groups is 1. The van der Waals surface area contributed by atoms with Crippen molar-refractivity contribution in [2.75, 3.05) is 0 Å². The third-order valence-electron chi connectivity index (χ3n) is 14.7. The number of para-hydroxylation sites is 2. The lowest BCUT2D eigenvalue weighted by Crippen LogP contribution is -2.55. The van der Waals surface area contributed by atoms with Crippen LogP contribution in [0.15, 0.2) is 133 Å². The van der Waals surface area contributed by atoms with E-state index in [4.69, 9.17) is 4.98 Å². The quantitative estimate of drug-likeness (QED) is 0.168. The first-order valence-corrected chi connectivity index (χ1v) is 23.1. The third-order valence-corrected chi connectivity index (χ3v) is 15.9. The number of hydrogen-bond donors (Lipinski definition) is 1. The van der Waals surface area contributed by atoms with Crippen molar-refractivity contribution >= 4 is 184 Å². The number of fused-ring (bicyclic) bond motifs is 6. The first kappa shape index (κ1) is 40.4. The summed E-state index contributed by atoms with van der Waals surface area (Å²) in [5.74, 6) is 1.18. The molecular formula is C51H41B9N2OS. The average Bonchev–Trinajstić information content (AvgIpc) is 3.90. The Balaban J connectivity index is 1.24. The van der Waals surface area contributed by atoms with E-state index in [-0.39, 0.29) is 0 Å². The number of aromatic nitrogens is 2. The van der Waals surface area contributed by atoms with Crippen molar-refractivity contribution in [3.63, 3.8) is 0 Å². The van der Waals surface area contributed by atoms with E-state index in [1.807, 2.05) is 33.1 Å². The van der Waals surface area contributed by atoms with Crippen molar-refractivity contribution in [3.8, 4) is 56.2 Å². The lowest BCUT2D eigenvalue weighted by atomic mass is 9.59. The maximum Gasteiger partial charge on any atom is 0.146 e. The van der Waals surface area contributed by atoms with Gasteiger partial charge in [-0.05, 0) is 96.8 Å². The monoisotopic (exact) mass is 828 g/mol. The lowest BCUT2D eigenvalue weighted by molar-refractivity contribution is 0.484. The molecule has 0 bridgehead atoms. The first-order chi connectivity index (χ1) is 30.9. The van der Waals surface area contributed by atoms with Gasteiger partial charge >= 0.3 is 0 Å². The maximum absolute atomic E-state index is 11.5. The third kappa shape index (κ3) is 5.89. The van der Waals surface area contributed by atoms with Crippen molar-refractivity contribution in [1.29, 1.82) is 0 Å². The SMILES string of the molecule is Bc1c(B)c(B)c(-c2ccc3c(-c4cccc(-c5nc6ccccc6n5-c5c(B)c(B)c(B)c(O)c5B)c4)c4ccccc4c(-c4cccc5sc6ccccc6c45)c3c2)c(B)c1B. The fourth-order valence-electron chi connectivity index (χ4n) is 10.8. The van der Waals surface area contributed by atoms with Crippen molar-refractivity contribution in [1.82, 2.24) is 9.55 Å². The summed E-state index contributed by atoms with van der Waals surface area (Å²) in [5.41, 5.74) is 22.1. The minimum atomic E-state index is 0.334. The summed E-state index contributed by atoms with van der Waals surface area (Å²) in [6.07, 6.45) is 0. The Labute approximate surface area is 386 Å². The number of phenolic OH excluding ortho intramolecular Hbond substituents is 1. The summed E-state index contributed by atoms with van der Waals surface area (Å²) in [5, 5.41) is 18.9. The van der Waals surface area contributed by atoms with Crippen LogP contribution in [0.5, 0.6) is 5.75 Å². The Morgan fingerprint density at radius 2 is 1.00 bits per heavy atom. The molecule has 0 aliphatic heterocycles. The zero-order valence-electron chi connectivity index (χ0n) is 38.0. The molecule has 0 aliphatic rings. The molecule has 11 rings (SSSR count). The van der Waals surface area contributed by atoms with E-state index in [1.54, 1.807) is 0 Å². The normalized spacial score (nSPS) is 11.8. The molecule has 1 N–H and O–H groups in total. The molecule has 64 heavy (non-hydrogen) atoms. The van der Waals surface area contributed by atoms with Gasteiger partial charge in [-0.3, -0.25) is 4.57 Å². The molecule has 294 valence electrons. The van der Waals surface area contributed by atoms with Crippen LogP contribution in [0.3, 0.4) is 0 Å². The molecule has 0 saturated carbocycles. The molecule has 0 amide bonds. The van der Waals surface area contributed by atoms with Crippen LogP contribution in [0, 0.1) is 0 Å². The number of hydrogen-bond acceptors (Lipinski definition) is 3. The Morgan fingerprint density at radius 1 is 0.422 bits per heavy atom. The topological polar surface area (TPSA) is 38.0 Å². The van der Waals surface area contributed by atoms with Gasteiger partial charge < -0.3 is 5.11 Å². The van der Waals surface area contributed by atoms with Gasteiger partial charge in [-0.1, -0.05) is 124 Å². The van der Waals surface area contributed by atoms with Gasteiger partial charge in [0, 0.05) is 31.4 Å². The zero-order valence-corrected chi connectivity index (χ0v) is 38.8. The maximum atomic E-state index is 11.5. The summed E-state index contributed by atoms with van der Waals surface area (Å²) in [7, 11) is 19.7. The van der Waals surface area contributed by atoms with Crippen molar-refractivity contribution < 1.29 is 5.11 Å². The molecule has 0 radical (unpaired) electrons. The molecule has 13 heteroatoms. The largest absolute Gasteiger partial charge is 0.509 e. The highest BCUT2D eigenvalue weighted by Gasteiger charge is 2.24. The van der Waals surface area contributed by atoms with Crippen molar-refractivity contribution in [2.45, 2.75) is 0 Å². The standard InChI is InChI=1S/C51H41B9N2OS/c52-40-37(41(53)43(55)44(56)42(40)54)24-19-20-28-31(22-24)38(30-14-8-18-35-39(30)29-13-3-6-17-34(29)64-35)27-12-2-1-11-26(27)36(28)23-9-7-10-25(21-23)51-61-32-15-4-5-16-33(32)62(51)49-46(58)45(57)47(59)50(63)48(49)60/h1-22,63H,52-60H2. The highest BCUT2D eigenvalue weighted by molar-refractivity contribution is 7.26. The van der Waals surface area contributed by atoms with Gasteiger partial charge in [0.15, 0.2) is 0 Å².